The second kappa shape index (κ2) is 8.69. The molecular formula is C22H21N3O5. The zero-order valence-corrected chi connectivity index (χ0v) is 16.5. The Kier molecular flexibility index (Phi) is 5.65. The smallest absolute Gasteiger partial charge is 0.254 e. The average molecular weight is 407 g/mol. The van der Waals surface area contributed by atoms with E-state index in [0.717, 1.165) is 16.9 Å². The Balaban J connectivity index is 1.30. The summed E-state index contributed by atoms with van der Waals surface area (Å²) < 4.78 is 17.5. The van der Waals surface area contributed by atoms with E-state index in [9.17, 15) is 9.59 Å². The molecule has 8 heteroatoms. The summed E-state index contributed by atoms with van der Waals surface area (Å²) in [5, 5.41) is 2.73. The van der Waals surface area contributed by atoms with Crippen molar-refractivity contribution in [2.75, 3.05) is 19.9 Å². The second-order valence-electron chi connectivity index (χ2n) is 6.82. The lowest BCUT2D eigenvalue weighted by Gasteiger charge is -2.09. The predicted octanol–water partition coefficient (Wildman–Crippen LogP) is 2.14. The third-order valence-corrected chi connectivity index (χ3v) is 4.58. The minimum Gasteiger partial charge on any atom is -0.492 e. The van der Waals surface area contributed by atoms with Gasteiger partial charge < -0.3 is 19.5 Å². The van der Waals surface area contributed by atoms with Gasteiger partial charge in [-0.05, 0) is 37.3 Å². The molecule has 0 fully saturated rings. The topological polar surface area (TPSA) is 91.7 Å². The van der Waals surface area contributed by atoms with Crippen LogP contribution in [0.5, 0.6) is 17.2 Å². The number of nitrogens with one attached hydrogen (secondary N) is 1. The number of benzene rings is 2. The Morgan fingerprint density at radius 2 is 1.93 bits per heavy atom. The van der Waals surface area contributed by atoms with E-state index in [2.05, 4.69) is 10.3 Å². The summed E-state index contributed by atoms with van der Waals surface area (Å²) in [4.78, 5) is 28.8. The SMILES string of the molecule is Cc1ccc(OCCNC(=O)Cn2cnc(-c3ccc4c(c3)OCO4)cc2=O)cc1. The number of amides is 1. The molecule has 8 nitrogen and oxygen atoms in total. The summed E-state index contributed by atoms with van der Waals surface area (Å²) in [6, 6.07) is 14.4. The number of aromatic nitrogens is 2. The maximum absolute atomic E-state index is 12.4. The fourth-order valence-corrected chi connectivity index (χ4v) is 2.96. The van der Waals surface area contributed by atoms with Crippen LogP contribution < -0.4 is 25.1 Å². The van der Waals surface area contributed by atoms with Gasteiger partial charge in [0.2, 0.25) is 12.7 Å². The number of hydrogen-bond acceptors (Lipinski definition) is 6. The summed E-state index contributed by atoms with van der Waals surface area (Å²) in [7, 11) is 0. The first kappa shape index (κ1) is 19.5. The molecule has 1 N–H and O–H groups in total. The zero-order valence-electron chi connectivity index (χ0n) is 16.5. The molecule has 2 aromatic carbocycles. The van der Waals surface area contributed by atoms with Crippen molar-refractivity contribution >= 4 is 5.91 Å². The quantitative estimate of drug-likeness (QED) is 0.604. The van der Waals surface area contributed by atoms with E-state index < -0.39 is 0 Å². The Labute approximate surface area is 173 Å². The van der Waals surface area contributed by atoms with E-state index in [-0.39, 0.29) is 24.8 Å². The molecule has 0 radical (unpaired) electrons. The van der Waals surface area contributed by atoms with Crippen LogP contribution in [0.3, 0.4) is 0 Å². The van der Waals surface area contributed by atoms with Crippen molar-refractivity contribution in [2.24, 2.45) is 0 Å². The summed E-state index contributed by atoms with van der Waals surface area (Å²) in [6.07, 6.45) is 1.37. The van der Waals surface area contributed by atoms with Crippen molar-refractivity contribution in [3.63, 3.8) is 0 Å². The van der Waals surface area contributed by atoms with E-state index in [0.29, 0.717) is 30.3 Å². The van der Waals surface area contributed by atoms with Gasteiger partial charge in [-0.25, -0.2) is 4.98 Å². The van der Waals surface area contributed by atoms with Crippen LogP contribution in [-0.2, 0) is 11.3 Å². The molecule has 154 valence electrons. The number of rotatable bonds is 7. The minimum absolute atomic E-state index is 0.113. The molecule has 0 aliphatic carbocycles. The molecule has 0 bridgehead atoms. The molecule has 0 unspecified atom stereocenters. The second-order valence-corrected chi connectivity index (χ2v) is 6.82. The normalized spacial score (nSPS) is 11.9. The van der Waals surface area contributed by atoms with Gasteiger partial charge in [-0.15, -0.1) is 0 Å². The standard InChI is InChI=1S/C22H21N3O5/c1-15-2-5-17(6-3-15)28-9-8-23-21(26)12-25-13-24-18(11-22(25)27)16-4-7-19-20(10-16)30-14-29-19/h2-7,10-11,13H,8-9,12,14H2,1H3,(H,23,26). The van der Waals surface area contributed by atoms with Gasteiger partial charge in [0.25, 0.3) is 5.56 Å². The number of aryl methyl sites for hydroxylation is 1. The highest BCUT2D eigenvalue weighted by Crippen LogP contribution is 2.35. The van der Waals surface area contributed by atoms with Crippen LogP contribution >= 0.6 is 0 Å². The molecule has 4 rings (SSSR count). The molecule has 1 aromatic heterocycles. The van der Waals surface area contributed by atoms with Crippen molar-refractivity contribution in [3.8, 4) is 28.5 Å². The molecule has 0 saturated carbocycles. The summed E-state index contributed by atoms with van der Waals surface area (Å²) >= 11 is 0. The van der Waals surface area contributed by atoms with Crippen LogP contribution in [0, 0.1) is 6.92 Å². The van der Waals surface area contributed by atoms with Crippen molar-refractivity contribution in [1.82, 2.24) is 14.9 Å². The molecule has 0 spiro atoms. The summed E-state index contributed by atoms with van der Waals surface area (Å²) in [6.45, 7) is 2.74. The molecule has 2 heterocycles. The van der Waals surface area contributed by atoms with E-state index in [4.69, 9.17) is 14.2 Å². The molecule has 1 amide bonds. The fraction of sp³-hybridized carbons (Fsp3) is 0.227. The molecular weight excluding hydrogens is 386 g/mol. The van der Waals surface area contributed by atoms with E-state index in [1.165, 1.54) is 17.0 Å². The molecule has 0 saturated heterocycles. The number of hydrogen-bond donors (Lipinski definition) is 1. The highest BCUT2D eigenvalue weighted by atomic mass is 16.7. The molecule has 30 heavy (non-hydrogen) atoms. The van der Waals surface area contributed by atoms with Crippen LogP contribution in [0.2, 0.25) is 0 Å². The van der Waals surface area contributed by atoms with Crippen LogP contribution in [-0.4, -0.2) is 35.4 Å². The van der Waals surface area contributed by atoms with Gasteiger partial charge in [-0.2, -0.15) is 0 Å². The van der Waals surface area contributed by atoms with E-state index in [1.807, 2.05) is 31.2 Å². The van der Waals surface area contributed by atoms with Crippen molar-refractivity contribution in [2.45, 2.75) is 13.5 Å². The predicted molar refractivity (Wildman–Crippen MR) is 110 cm³/mol. The van der Waals surface area contributed by atoms with Gasteiger partial charge >= 0.3 is 0 Å². The average Bonchev–Trinajstić information content (AvgIpc) is 3.22. The van der Waals surface area contributed by atoms with Gasteiger partial charge in [-0.1, -0.05) is 17.7 Å². The number of ether oxygens (including phenoxy) is 3. The molecule has 0 atom stereocenters. The first-order chi connectivity index (χ1) is 14.6. The van der Waals surface area contributed by atoms with Crippen molar-refractivity contribution < 1.29 is 19.0 Å². The third-order valence-electron chi connectivity index (χ3n) is 4.58. The summed E-state index contributed by atoms with van der Waals surface area (Å²) in [5.74, 6) is 1.73. The minimum atomic E-state index is -0.316. The van der Waals surface area contributed by atoms with Gasteiger partial charge in [0, 0.05) is 11.6 Å². The number of fused-ring (bicyclic) bond motifs is 1. The van der Waals surface area contributed by atoms with Gasteiger partial charge in [-0.3, -0.25) is 14.2 Å². The maximum atomic E-state index is 12.4. The highest BCUT2D eigenvalue weighted by Gasteiger charge is 2.15. The lowest BCUT2D eigenvalue weighted by molar-refractivity contribution is -0.121. The number of nitrogens with zero attached hydrogens (tertiary/aromatic N) is 2. The van der Waals surface area contributed by atoms with Crippen LogP contribution in [0.4, 0.5) is 0 Å². The first-order valence-corrected chi connectivity index (χ1v) is 9.51. The van der Waals surface area contributed by atoms with Crippen LogP contribution in [0.15, 0.2) is 59.7 Å². The van der Waals surface area contributed by atoms with Crippen molar-refractivity contribution in [1.29, 1.82) is 0 Å². The first-order valence-electron chi connectivity index (χ1n) is 9.51. The Hall–Kier alpha value is -3.81. The largest absolute Gasteiger partial charge is 0.492 e. The number of carbonyl (C=O) groups is 1. The molecule has 3 aromatic rings. The Morgan fingerprint density at radius 1 is 1.13 bits per heavy atom. The highest BCUT2D eigenvalue weighted by molar-refractivity contribution is 5.75. The number of carbonyl (C=O) groups excluding carboxylic acids is 1. The molecule has 1 aliphatic rings. The van der Waals surface area contributed by atoms with Gasteiger partial charge in [0.05, 0.1) is 18.6 Å². The Bertz CT molecular complexity index is 1110. The van der Waals surface area contributed by atoms with Gasteiger partial charge in [0.1, 0.15) is 18.9 Å². The molecule has 1 aliphatic heterocycles. The lowest BCUT2D eigenvalue weighted by Crippen LogP contribution is -2.34. The summed E-state index contributed by atoms with van der Waals surface area (Å²) in [5.41, 5.74) is 2.07. The van der Waals surface area contributed by atoms with Crippen LogP contribution in [0.1, 0.15) is 5.56 Å². The van der Waals surface area contributed by atoms with E-state index >= 15 is 0 Å². The monoisotopic (exact) mass is 407 g/mol. The van der Waals surface area contributed by atoms with Crippen LogP contribution in [0.25, 0.3) is 11.3 Å². The van der Waals surface area contributed by atoms with Crippen molar-refractivity contribution in [3.05, 3.63) is 70.8 Å². The maximum Gasteiger partial charge on any atom is 0.254 e. The van der Waals surface area contributed by atoms with E-state index in [1.54, 1.807) is 18.2 Å². The third kappa shape index (κ3) is 4.60. The van der Waals surface area contributed by atoms with Gasteiger partial charge in [0.15, 0.2) is 11.5 Å². The Morgan fingerprint density at radius 3 is 2.73 bits per heavy atom. The zero-order chi connectivity index (χ0) is 20.9. The fourth-order valence-electron chi connectivity index (χ4n) is 2.96. The lowest BCUT2D eigenvalue weighted by atomic mass is 10.1.